The summed E-state index contributed by atoms with van der Waals surface area (Å²) in [7, 11) is 0. The predicted octanol–water partition coefficient (Wildman–Crippen LogP) is 2.09. The Balaban J connectivity index is 2.02. The van der Waals surface area contributed by atoms with Crippen LogP contribution in [0, 0.1) is 5.92 Å². The molecule has 0 bridgehead atoms. The third-order valence-corrected chi connectivity index (χ3v) is 2.70. The lowest BCUT2D eigenvalue weighted by Crippen LogP contribution is -2.25. The highest BCUT2D eigenvalue weighted by molar-refractivity contribution is 4.71. The van der Waals surface area contributed by atoms with Gasteiger partial charge in [0, 0.05) is 6.61 Å². The summed E-state index contributed by atoms with van der Waals surface area (Å²) >= 11 is 0. The van der Waals surface area contributed by atoms with Crippen molar-refractivity contribution in [1.29, 1.82) is 0 Å². The quantitative estimate of drug-likeness (QED) is 0.592. The number of aliphatic hydroxyl groups excluding tert-OH is 1. The Morgan fingerprint density at radius 3 is 2.25 bits per heavy atom. The van der Waals surface area contributed by atoms with Gasteiger partial charge in [-0.3, -0.25) is 0 Å². The van der Waals surface area contributed by atoms with Gasteiger partial charge in [-0.1, -0.05) is 0 Å². The second-order valence-electron chi connectivity index (χ2n) is 4.07. The van der Waals surface area contributed by atoms with E-state index in [1.807, 2.05) is 0 Å². The van der Waals surface area contributed by atoms with Crippen LogP contribution in [0.25, 0.3) is 0 Å². The summed E-state index contributed by atoms with van der Waals surface area (Å²) in [4.78, 5) is 0. The molecule has 16 heavy (non-hydrogen) atoms. The second kappa shape index (κ2) is 6.42. The third kappa shape index (κ3) is 5.67. The molecule has 0 aromatic rings. The highest BCUT2D eigenvalue weighted by atomic mass is 19.4. The summed E-state index contributed by atoms with van der Waals surface area (Å²) in [6.45, 7) is -1.40. The number of aliphatic hydroxyl groups is 1. The molecule has 0 unspecified atom stereocenters. The fourth-order valence-electron chi connectivity index (χ4n) is 1.78. The van der Waals surface area contributed by atoms with Crippen molar-refractivity contribution in [3.63, 3.8) is 0 Å². The molecule has 6 heteroatoms. The van der Waals surface area contributed by atoms with Crippen LogP contribution in [0.2, 0.25) is 0 Å². The minimum absolute atomic E-state index is 0.0315. The summed E-state index contributed by atoms with van der Waals surface area (Å²) in [5.41, 5.74) is 0. The maximum atomic E-state index is 11.7. The summed E-state index contributed by atoms with van der Waals surface area (Å²) in [6, 6.07) is 0. The Morgan fingerprint density at radius 1 is 1.12 bits per heavy atom. The molecule has 0 aliphatic heterocycles. The van der Waals surface area contributed by atoms with Gasteiger partial charge in [0.1, 0.15) is 13.4 Å². The van der Waals surface area contributed by atoms with Gasteiger partial charge in [-0.25, -0.2) is 0 Å². The van der Waals surface area contributed by atoms with Gasteiger partial charge in [-0.2, -0.15) is 13.2 Å². The van der Waals surface area contributed by atoms with Gasteiger partial charge in [-0.05, 0) is 31.6 Å². The second-order valence-corrected chi connectivity index (χ2v) is 4.07. The van der Waals surface area contributed by atoms with Crippen molar-refractivity contribution < 1.29 is 27.8 Å². The van der Waals surface area contributed by atoms with Gasteiger partial charge in [-0.15, -0.1) is 0 Å². The van der Waals surface area contributed by atoms with Crippen molar-refractivity contribution in [1.82, 2.24) is 0 Å². The van der Waals surface area contributed by atoms with Crippen molar-refractivity contribution in [2.75, 3.05) is 20.0 Å². The van der Waals surface area contributed by atoms with Crippen LogP contribution in [-0.4, -0.2) is 37.4 Å². The van der Waals surface area contributed by atoms with Crippen molar-refractivity contribution in [2.24, 2.45) is 5.92 Å². The van der Waals surface area contributed by atoms with Crippen LogP contribution in [-0.2, 0) is 9.47 Å². The van der Waals surface area contributed by atoms with E-state index in [-0.39, 0.29) is 19.5 Å². The third-order valence-electron chi connectivity index (χ3n) is 2.70. The standard InChI is InChI=1S/C10H17F3O3/c11-10(12,13)6-15-7-16-9-3-1-8(5-14)2-4-9/h8-9,14H,1-7H2. The zero-order valence-corrected chi connectivity index (χ0v) is 9.00. The van der Waals surface area contributed by atoms with Crippen LogP contribution in [0.3, 0.4) is 0 Å². The molecule has 0 heterocycles. The molecule has 1 saturated carbocycles. The average molecular weight is 242 g/mol. The molecule has 0 atom stereocenters. The van der Waals surface area contributed by atoms with Gasteiger partial charge in [0.05, 0.1) is 6.10 Å². The SMILES string of the molecule is OCC1CCC(OCOCC(F)(F)F)CC1. The predicted molar refractivity (Wildman–Crippen MR) is 50.8 cm³/mol. The monoisotopic (exact) mass is 242 g/mol. The lowest BCUT2D eigenvalue weighted by Gasteiger charge is -2.27. The molecule has 3 nitrogen and oxygen atoms in total. The highest BCUT2D eigenvalue weighted by Gasteiger charge is 2.28. The maximum absolute atomic E-state index is 11.7. The van der Waals surface area contributed by atoms with Crippen LogP contribution < -0.4 is 0 Å². The zero-order valence-electron chi connectivity index (χ0n) is 9.00. The van der Waals surface area contributed by atoms with Crippen molar-refractivity contribution in [3.8, 4) is 0 Å². The first-order valence-electron chi connectivity index (χ1n) is 5.38. The van der Waals surface area contributed by atoms with Crippen LogP contribution in [0.4, 0.5) is 13.2 Å². The smallest absolute Gasteiger partial charge is 0.396 e. The maximum Gasteiger partial charge on any atom is 0.411 e. The Morgan fingerprint density at radius 2 is 1.75 bits per heavy atom. The van der Waals surface area contributed by atoms with Crippen LogP contribution in [0.1, 0.15) is 25.7 Å². The average Bonchev–Trinajstić information content (AvgIpc) is 2.24. The van der Waals surface area contributed by atoms with Gasteiger partial charge < -0.3 is 14.6 Å². The molecular weight excluding hydrogens is 225 g/mol. The van der Waals surface area contributed by atoms with Gasteiger partial charge >= 0.3 is 6.18 Å². The molecule has 0 aromatic carbocycles. The van der Waals surface area contributed by atoms with Crippen molar-refractivity contribution >= 4 is 0 Å². The van der Waals surface area contributed by atoms with Gasteiger partial charge in [0.15, 0.2) is 0 Å². The van der Waals surface area contributed by atoms with E-state index in [0.29, 0.717) is 5.92 Å². The lowest BCUT2D eigenvalue weighted by molar-refractivity contribution is -0.205. The Hall–Kier alpha value is -0.330. The summed E-state index contributed by atoms with van der Waals surface area (Å²) < 4.78 is 44.7. The number of hydrogen-bond donors (Lipinski definition) is 1. The zero-order chi connectivity index (χ0) is 12.0. The molecule has 1 fully saturated rings. The number of ether oxygens (including phenoxy) is 2. The minimum Gasteiger partial charge on any atom is -0.396 e. The van der Waals surface area contributed by atoms with Crippen LogP contribution in [0.5, 0.6) is 0 Å². The van der Waals surface area contributed by atoms with Crippen molar-refractivity contribution in [2.45, 2.75) is 38.0 Å². The summed E-state index contributed by atoms with van der Waals surface area (Å²) in [6.07, 6.45) is -1.05. The molecule has 0 spiro atoms. The molecular formula is C10H17F3O3. The van der Waals surface area contributed by atoms with E-state index in [4.69, 9.17) is 9.84 Å². The number of hydrogen-bond acceptors (Lipinski definition) is 3. The fraction of sp³-hybridized carbons (Fsp3) is 1.00. The minimum atomic E-state index is -4.29. The Kier molecular flexibility index (Phi) is 5.51. The molecule has 0 amide bonds. The molecule has 0 aromatic heterocycles. The Labute approximate surface area is 92.5 Å². The molecule has 1 rings (SSSR count). The van der Waals surface area contributed by atoms with Crippen LogP contribution in [0.15, 0.2) is 0 Å². The first kappa shape index (κ1) is 13.7. The molecule has 1 aliphatic rings. The first-order valence-corrected chi connectivity index (χ1v) is 5.38. The largest absolute Gasteiger partial charge is 0.411 e. The summed E-state index contributed by atoms with van der Waals surface area (Å²) in [5, 5.41) is 8.89. The number of rotatable bonds is 5. The number of halogens is 3. The van der Waals surface area contributed by atoms with E-state index in [1.54, 1.807) is 0 Å². The molecule has 1 N–H and O–H groups in total. The lowest BCUT2D eigenvalue weighted by atomic mass is 9.88. The normalized spacial score (nSPS) is 27.0. The summed E-state index contributed by atoms with van der Waals surface area (Å²) in [5.74, 6) is 0.316. The molecule has 96 valence electrons. The van der Waals surface area contributed by atoms with Crippen molar-refractivity contribution in [3.05, 3.63) is 0 Å². The van der Waals surface area contributed by atoms with E-state index in [0.717, 1.165) is 25.7 Å². The highest BCUT2D eigenvalue weighted by Crippen LogP contribution is 2.25. The number of alkyl halides is 3. The van der Waals surface area contributed by atoms with E-state index < -0.39 is 12.8 Å². The first-order chi connectivity index (χ1) is 7.51. The van der Waals surface area contributed by atoms with Gasteiger partial charge in [0.25, 0.3) is 0 Å². The Bertz CT molecular complexity index is 188. The van der Waals surface area contributed by atoms with E-state index in [9.17, 15) is 13.2 Å². The molecule has 0 saturated heterocycles. The van der Waals surface area contributed by atoms with Crippen LogP contribution >= 0.6 is 0 Å². The van der Waals surface area contributed by atoms with E-state index in [1.165, 1.54) is 0 Å². The van der Waals surface area contributed by atoms with E-state index in [2.05, 4.69) is 4.74 Å². The van der Waals surface area contributed by atoms with Gasteiger partial charge in [0.2, 0.25) is 0 Å². The van der Waals surface area contributed by atoms with E-state index >= 15 is 0 Å². The molecule has 1 aliphatic carbocycles. The molecule has 0 radical (unpaired) electrons. The fourth-order valence-corrected chi connectivity index (χ4v) is 1.78. The topological polar surface area (TPSA) is 38.7 Å².